The average molecular weight is 141 g/mol. The summed E-state index contributed by atoms with van der Waals surface area (Å²) in [6.45, 7) is 8.78. The largest absolute Gasteiger partial charge is 0.371 e. The lowest BCUT2D eigenvalue weighted by atomic mass is 10.1. The Labute approximate surface area is 62.3 Å². The van der Waals surface area contributed by atoms with E-state index in [1.165, 1.54) is 5.57 Å². The van der Waals surface area contributed by atoms with Gasteiger partial charge in [0.2, 0.25) is 0 Å². The van der Waals surface area contributed by atoms with Crippen LogP contribution in [0.5, 0.6) is 0 Å². The van der Waals surface area contributed by atoms with Gasteiger partial charge in [-0.25, -0.2) is 0 Å². The van der Waals surface area contributed by atoms with Crippen LogP contribution in [0.2, 0.25) is 0 Å². The van der Waals surface area contributed by atoms with Crippen LogP contribution in [0.3, 0.4) is 0 Å². The first-order valence-electron chi connectivity index (χ1n) is 3.84. The predicted molar refractivity (Wildman–Crippen MR) is 42.0 cm³/mol. The molecule has 1 unspecified atom stereocenters. The third kappa shape index (κ3) is 1.82. The number of rotatable bonds is 2. The second kappa shape index (κ2) is 3.74. The summed E-state index contributed by atoms with van der Waals surface area (Å²) in [5.41, 5.74) is 1.20. The molecular weight excluding hydrogens is 126 g/mol. The van der Waals surface area contributed by atoms with E-state index in [-0.39, 0.29) is 6.10 Å². The zero-order valence-corrected chi connectivity index (χ0v) is 6.52. The van der Waals surface area contributed by atoms with Crippen LogP contribution < -0.4 is 5.32 Å². The Morgan fingerprint density at radius 1 is 1.80 bits per heavy atom. The predicted octanol–water partition coefficient (Wildman–Crippen LogP) is 0.941. The number of hydrogen-bond donors (Lipinski definition) is 1. The molecule has 1 aliphatic rings. The molecule has 0 radical (unpaired) electrons. The van der Waals surface area contributed by atoms with Gasteiger partial charge in [0.1, 0.15) is 0 Å². The van der Waals surface area contributed by atoms with Crippen LogP contribution in [-0.4, -0.2) is 25.8 Å². The molecule has 0 aromatic heterocycles. The summed E-state index contributed by atoms with van der Waals surface area (Å²) in [6.07, 6.45) is 1.28. The number of ether oxygens (including phenoxy) is 1. The molecule has 1 N–H and O–H groups in total. The van der Waals surface area contributed by atoms with Gasteiger partial charge in [-0.15, -0.1) is 0 Å². The van der Waals surface area contributed by atoms with E-state index in [2.05, 4.69) is 18.8 Å². The van der Waals surface area contributed by atoms with Gasteiger partial charge in [-0.2, -0.15) is 0 Å². The Morgan fingerprint density at radius 2 is 2.60 bits per heavy atom. The topological polar surface area (TPSA) is 21.3 Å². The van der Waals surface area contributed by atoms with E-state index in [0.29, 0.717) is 0 Å². The van der Waals surface area contributed by atoms with Crippen molar-refractivity contribution in [2.24, 2.45) is 0 Å². The third-order valence-corrected chi connectivity index (χ3v) is 1.84. The third-order valence-electron chi connectivity index (χ3n) is 1.84. The molecule has 0 aromatic carbocycles. The van der Waals surface area contributed by atoms with Crippen molar-refractivity contribution in [2.45, 2.75) is 19.4 Å². The molecule has 1 saturated heterocycles. The van der Waals surface area contributed by atoms with Gasteiger partial charge in [-0.3, -0.25) is 0 Å². The molecule has 1 heterocycles. The Kier molecular flexibility index (Phi) is 2.90. The van der Waals surface area contributed by atoms with E-state index < -0.39 is 0 Å². The maximum atomic E-state index is 5.47. The van der Waals surface area contributed by atoms with Gasteiger partial charge >= 0.3 is 0 Å². The van der Waals surface area contributed by atoms with E-state index >= 15 is 0 Å². The lowest BCUT2D eigenvalue weighted by Crippen LogP contribution is -2.39. The first-order valence-corrected chi connectivity index (χ1v) is 3.84. The van der Waals surface area contributed by atoms with Gasteiger partial charge in [0.05, 0.1) is 12.7 Å². The molecule has 0 aliphatic carbocycles. The maximum absolute atomic E-state index is 5.47. The Balaban J connectivity index is 2.31. The summed E-state index contributed by atoms with van der Waals surface area (Å²) in [7, 11) is 0. The highest BCUT2D eigenvalue weighted by Gasteiger charge is 2.14. The van der Waals surface area contributed by atoms with Gasteiger partial charge in [0.25, 0.3) is 0 Å². The second-order valence-electron chi connectivity index (χ2n) is 2.58. The molecule has 2 nitrogen and oxygen atoms in total. The van der Waals surface area contributed by atoms with Crippen LogP contribution in [0.1, 0.15) is 13.3 Å². The minimum absolute atomic E-state index is 0.263. The Morgan fingerprint density at radius 3 is 3.10 bits per heavy atom. The van der Waals surface area contributed by atoms with Gasteiger partial charge < -0.3 is 10.1 Å². The van der Waals surface area contributed by atoms with Crippen molar-refractivity contribution in [3.8, 4) is 0 Å². The van der Waals surface area contributed by atoms with Crippen LogP contribution in [0.15, 0.2) is 12.2 Å². The smallest absolute Gasteiger partial charge is 0.0907 e. The van der Waals surface area contributed by atoms with Crippen molar-refractivity contribution < 1.29 is 4.74 Å². The van der Waals surface area contributed by atoms with E-state index in [1.807, 2.05) is 0 Å². The molecule has 2 heteroatoms. The molecule has 1 rings (SSSR count). The average Bonchev–Trinajstić information content (AvgIpc) is 2.05. The lowest BCUT2D eigenvalue weighted by molar-refractivity contribution is 0.0505. The first-order chi connectivity index (χ1) is 4.84. The maximum Gasteiger partial charge on any atom is 0.0907 e. The van der Waals surface area contributed by atoms with E-state index in [0.717, 1.165) is 26.1 Å². The quantitative estimate of drug-likeness (QED) is 0.578. The van der Waals surface area contributed by atoms with Crippen molar-refractivity contribution in [3.63, 3.8) is 0 Å². The molecular formula is C8H15NO. The van der Waals surface area contributed by atoms with Crippen molar-refractivity contribution in [2.75, 3.05) is 19.7 Å². The molecule has 1 aliphatic heterocycles. The lowest BCUT2D eigenvalue weighted by Gasteiger charge is -2.24. The summed E-state index contributed by atoms with van der Waals surface area (Å²) < 4.78 is 5.47. The zero-order chi connectivity index (χ0) is 7.40. The van der Waals surface area contributed by atoms with Crippen LogP contribution in [0.25, 0.3) is 0 Å². The molecule has 1 fully saturated rings. The number of hydrogen-bond acceptors (Lipinski definition) is 2. The molecule has 0 bridgehead atoms. The number of nitrogens with one attached hydrogen (secondary N) is 1. The summed E-state index contributed by atoms with van der Waals surface area (Å²) in [6, 6.07) is 0. The molecule has 0 amide bonds. The number of morpholine rings is 1. The summed E-state index contributed by atoms with van der Waals surface area (Å²) in [5.74, 6) is 0. The molecule has 0 spiro atoms. The molecule has 1 atom stereocenters. The summed E-state index contributed by atoms with van der Waals surface area (Å²) >= 11 is 0. The molecule has 58 valence electrons. The monoisotopic (exact) mass is 141 g/mol. The van der Waals surface area contributed by atoms with Crippen molar-refractivity contribution >= 4 is 0 Å². The Hall–Kier alpha value is -0.340. The molecule has 0 aromatic rings. The van der Waals surface area contributed by atoms with E-state index in [1.54, 1.807) is 0 Å². The fourth-order valence-electron chi connectivity index (χ4n) is 1.06. The zero-order valence-electron chi connectivity index (χ0n) is 6.52. The minimum atomic E-state index is 0.263. The van der Waals surface area contributed by atoms with Crippen LogP contribution in [0.4, 0.5) is 0 Å². The van der Waals surface area contributed by atoms with Crippen LogP contribution in [0, 0.1) is 0 Å². The van der Waals surface area contributed by atoms with Crippen molar-refractivity contribution in [1.29, 1.82) is 0 Å². The van der Waals surface area contributed by atoms with E-state index in [9.17, 15) is 0 Å². The summed E-state index contributed by atoms with van der Waals surface area (Å²) in [4.78, 5) is 0. The second-order valence-corrected chi connectivity index (χ2v) is 2.58. The van der Waals surface area contributed by atoms with Crippen molar-refractivity contribution in [1.82, 2.24) is 5.32 Å². The van der Waals surface area contributed by atoms with Crippen molar-refractivity contribution in [3.05, 3.63) is 12.2 Å². The van der Waals surface area contributed by atoms with Gasteiger partial charge in [-0.05, 0) is 12.0 Å². The van der Waals surface area contributed by atoms with Gasteiger partial charge in [0, 0.05) is 13.1 Å². The molecule has 10 heavy (non-hydrogen) atoms. The van der Waals surface area contributed by atoms with Crippen LogP contribution in [-0.2, 0) is 4.74 Å². The minimum Gasteiger partial charge on any atom is -0.371 e. The molecule has 0 saturated carbocycles. The summed E-state index contributed by atoms with van der Waals surface area (Å²) in [5, 5.41) is 3.26. The van der Waals surface area contributed by atoms with E-state index in [4.69, 9.17) is 4.74 Å². The highest BCUT2D eigenvalue weighted by atomic mass is 16.5. The fourth-order valence-corrected chi connectivity index (χ4v) is 1.06. The van der Waals surface area contributed by atoms with Crippen LogP contribution >= 0.6 is 0 Å². The van der Waals surface area contributed by atoms with Gasteiger partial charge in [0.15, 0.2) is 0 Å². The first kappa shape index (κ1) is 7.76. The standard InChI is InChI=1S/C8H15NO/c1-3-7(2)8-6-9-4-5-10-8/h8-9H,2-6H2,1H3. The SMILES string of the molecule is C=C(CC)C1CNCCO1. The highest BCUT2D eigenvalue weighted by Crippen LogP contribution is 2.09. The highest BCUT2D eigenvalue weighted by molar-refractivity contribution is 5.03. The fraction of sp³-hybridized carbons (Fsp3) is 0.750. The Bertz CT molecular complexity index is 116. The van der Waals surface area contributed by atoms with Gasteiger partial charge in [-0.1, -0.05) is 13.5 Å². The normalized spacial score (nSPS) is 26.3.